The lowest BCUT2D eigenvalue weighted by atomic mass is 10.1. The molecular formula is C9H11NS. The van der Waals surface area contributed by atoms with Crippen LogP contribution >= 0.6 is 11.8 Å². The van der Waals surface area contributed by atoms with Crippen molar-refractivity contribution in [3.8, 4) is 0 Å². The van der Waals surface area contributed by atoms with Crippen LogP contribution in [0.3, 0.4) is 0 Å². The maximum atomic E-state index is 3.33. The molecule has 1 heterocycles. The molecule has 1 nitrogen and oxygen atoms in total. The molecule has 2 rings (SSSR count). The topological polar surface area (TPSA) is 12.0 Å². The van der Waals surface area contributed by atoms with Gasteiger partial charge in [0.25, 0.3) is 0 Å². The van der Waals surface area contributed by atoms with Crippen molar-refractivity contribution in [3.05, 3.63) is 23.3 Å². The second kappa shape index (κ2) is 2.45. The summed E-state index contributed by atoms with van der Waals surface area (Å²) < 4.78 is 0. The number of aryl methyl sites for hydroxylation is 2. The lowest BCUT2D eigenvalue weighted by Gasteiger charge is -2.03. The molecule has 0 saturated heterocycles. The predicted molar refractivity (Wildman–Crippen MR) is 50.3 cm³/mol. The van der Waals surface area contributed by atoms with Crippen molar-refractivity contribution in [2.24, 2.45) is 0 Å². The number of anilines is 1. The van der Waals surface area contributed by atoms with E-state index in [0.29, 0.717) is 0 Å². The van der Waals surface area contributed by atoms with Crippen molar-refractivity contribution in [2.75, 3.05) is 11.2 Å². The van der Waals surface area contributed by atoms with E-state index < -0.39 is 0 Å². The van der Waals surface area contributed by atoms with Gasteiger partial charge >= 0.3 is 0 Å². The minimum atomic E-state index is 1.03. The van der Waals surface area contributed by atoms with Gasteiger partial charge < -0.3 is 5.32 Å². The zero-order valence-corrected chi connectivity index (χ0v) is 7.59. The Morgan fingerprint density at radius 3 is 2.82 bits per heavy atom. The first-order valence-corrected chi connectivity index (χ1v) is 4.74. The van der Waals surface area contributed by atoms with Crippen LogP contribution in [0.5, 0.6) is 0 Å². The maximum absolute atomic E-state index is 3.33. The van der Waals surface area contributed by atoms with E-state index in [2.05, 4.69) is 31.3 Å². The fourth-order valence-electron chi connectivity index (χ4n) is 1.24. The Morgan fingerprint density at radius 2 is 2.00 bits per heavy atom. The fraction of sp³-hybridized carbons (Fsp3) is 0.333. The fourth-order valence-corrected chi connectivity index (χ4v) is 2.17. The molecule has 1 aromatic carbocycles. The highest BCUT2D eigenvalue weighted by Gasteiger charge is 2.10. The molecule has 0 unspecified atom stereocenters. The van der Waals surface area contributed by atoms with Gasteiger partial charge in [0.1, 0.15) is 0 Å². The van der Waals surface area contributed by atoms with Crippen LogP contribution in [0.4, 0.5) is 5.69 Å². The van der Waals surface area contributed by atoms with Gasteiger partial charge in [-0.3, -0.25) is 0 Å². The van der Waals surface area contributed by atoms with Crippen molar-refractivity contribution in [2.45, 2.75) is 18.7 Å². The maximum Gasteiger partial charge on any atom is 0.0658 e. The number of rotatable bonds is 0. The number of fused-ring (bicyclic) bond motifs is 1. The van der Waals surface area contributed by atoms with Gasteiger partial charge in [0.15, 0.2) is 0 Å². The van der Waals surface area contributed by atoms with Gasteiger partial charge in [-0.25, -0.2) is 0 Å². The molecule has 0 saturated carbocycles. The van der Waals surface area contributed by atoms with Crippen LogP contribution in [0.15, 0.2) is 17.0 Å². The Balaban J connectivity index is 2.57. The van der Waals surface area contributed by atoms with E-state index >= 15 is 0 Å². The number of thioether (sulfide) groups is 1. The second-order valence-corrected chi connectivity index (χ2v) is 3.92. The first kappa shape index (κ1) is 7.04. The number of hydrogen-bond acceptors (Lipinski definition) is 2. The van der Waals surface area contributed by atoms with Crippen LogP contribution in [-0.2, 0) is 0 Å². The highest BCUT2D eigenvalue weighted by atomic mass is 32.2. The van der Waals surface area contributed by atoms with E-state index in [-0.39, 0.29) is 0 Å². The third-order valence-corrected chi connectivity index (χ3v) is 3.02. The van der Waals surface area contributed by atoms with Crippen molar-refractivity contribution in [3.63, 3.8) is 0 Å². The van der Waals surface area contributed by atoms with E-state index in [4.69, 9.17) is 0 Å². The van der Waals surface area contributed by atoms with Crippen molar-refractivity contribution >= 4 is 17.4 Å². The molecule has 0 aliphatic carbocycles. The molecule has 1 N–H and O–H groups in total. The first-order chi connectivity index (χ1) is 5.27. The van der Waals surface area contributed by atoms with Gasteiger partial charge in [-0.1, -0.05) is 0 Å². The van der Waals surface area contributed by atoms with Crippen molar-refractivity contribution in [1.29, 1.82) is 0 Å². The third-order valence-electron chi connectivity index (χ3n) is 2.09. The monoisotopic (exact) mass is 165 g/mol. The van der Waals surface area contributed by atoms with Crippen LogP contribution in [0, 0.1) is 13.8 Å². The smallest absolute Gasteiger partial charge is 0.0658 e. The third kappa shape index (κ3) is 1.11. The molecule has 1 aliphatic rings. The molecule has 2 heteroatoms. The summed E-state index contributed by atoms with van der Waals surface area (Å²) in [5.41, 5.74) is 4.07. The Morgan fingerprint density at radius 1 is 1.27 bits per heavy atom. The van der Waals surface area contributed by atoms with Crippen molar-refractivity contribution < 1.29 is 0 Å². The number of hydrogen-bond donors (Lipinski definition) is 1. The van der Waals surface area contributed by atoms with Gasteiger partial charge in [-0.15, -0.1) is 11.8 Å². The minimum Gasteiger partial charge on any atom is -0.375 e. The van der Waals surface area contributed by atoms with Gasteiger partial charge in [-0.05, 0) is 37.1 Å². The Bertz CT molecular complexity index is 265. The molecule has 0 radical (unpaired) electrons. The molecule has 0 bridgehead atoms. The standard InChI is InChI=1S/C9H11NS/c1-6-3-8-9(4-7(6)2)11-5-10-8/h3-4,10H,5H2,1-2H3. The molecule has 0 aromatic heterocycles. The highest BCUT2D eigenvalue weighted by Crippen LogP contribution is 2.35. The molecule has 1 aromatic rings. The Hall–Kier alpha value is -0.630. The lowest BCUT2D eigenvalue weighted by Crippen LogP contribution is -1.89. The summed E-state index contributed by atoms with van der Waals surface area (Å²) >= 11 is 1.88. The lowest BCUT2D eigenvalue weighted by molar-refractivity contribution is 1.28. The molecule has 0 amide bonds. The number of nitrogens with one attached hydrogen (secondary N) is 1. The van der Waals surface area contributed by atoms with Crippen LogP contribution in [0.2, 0.25) is 0 Å². The molecule has 11 heavy (non-hydrogen) atoms. The first-order valence-electron chi connectivity index (χ1n) is 3.75. The van der Waals surface area contributed by atoms with Crippen LogP contribution in [0.25, 0.3) is 0 Å². The molecule has 0 fully saturated rings. The quantitative estimate of drug-likeness (QED) is 0.634. The zero-order valence-electron chi connectivity index (χ0n) is 6.77. The summed E-state index contributed by atoms with van der Waals surface area (Å²) in [7, 11) is 0. The summed E-state index contributed by atoms with van der Waals surface area (Å²) in [6.07, 6.45) is 0. The van der Waals surface area contributed by atoms with Gasteiger partial charge in [-0.2, -0.15) is 0 Å². The van der Waals surface area contributed by atoms with Crippen LogP contribution in [-0.4, -0.2) is 5.88 Å². The normalized spacial score (nSPS) is 14.4. The predicted octanol–water partition coefficient (Wildman–Crippen LogP) is 2.78. The number of benzene rings is 1. The summed E-state index contributed by atoms with van der Waals surface area (Å²) in [5, 5.41) is 3.33. The Kier molecular flexibility index (Phi) is 1.57. The van der Waals surface area contributed by atoms with E-state index in [1.807, 2.05) is 11.8 Å². The SMILES string of the molecule is Cc1cc2c(cc1C)SCN2. The molecule has 58 valence electrons. The molecule has 1 aliphatic heterocycles. The Labute approximate surface area is 71.2 Å². The van der Waals surface area contributed by atoms with Crippen LogP contribution in [0.1, 0.15) is 11.1 Å². The van der Waals surface area contributed by atoms with Gasteiger partial charge in [0.2, 0.25) is 0 Å². The van der Waals surface area contributed by atoms with Crippen LogP contribution < -0.4 is 5.32 Å². The van der Waals surface area contributed by atoms with E-state index in [0.717, 1.165) is 5.88 Å². The van der Waals surface area contributed by atoms with Crippen molar-refractivity contribution in [1.82, 2.24) is 0 Å². The largest absolute Gasteiger partial charge is 0.375 e. The van der Waals surface area contributed by atoms with E-state index in [1.54, 1.807) is 0 Å². The highest BCUT2D eigenvalue weighted by molar-refractivity contribution is 7.99. The van der Waals surface area contributed by atoms with E-state index in [9.17, 15) is 0 Å². The zero-order chi connectivity index (χ0) is 7.84. The summed E-state index contributed by atoms with van der Waals surface area (Å²) in [6, 6.07) is 4.49. The van der Waals surface area contributed by atoms with Gasteiger partial charge in [0, 0.05) is 10.6 Å². The average molecular weight is 165 g/mol. The molecular weight excluding hydrogens is 154 g/mol. The summed E-state index contributed by atoms with van der Waals surface area (Å²) in [5.74, 6) is 1.03. The minimum absolute atomic E-state index is 1.03. The van der Waals surface area contributed by atoms with E-state index in [1.165, 1.54) is 21.7 Å². The molecule has 0 spiro atoms. The van der Waals surface area contributed by atoms with Gasteiger partial charge in [0.05, 0.1) is 5.88 Å². The second-order valence-electron chi connectivity index (χ2n) is 2.90. The molecule has 0 atom stereocenters. The summed E-state index contributed by atoms with van der Waals surface area (Å²) in [4.78, 5) is 1.40. The summed E-state index contributed by atoms with van der Waals surface area (Å²) in [6.45, 7) is 4.31. The average Bonchev–Trinajstić information content (AvgIpc) is 2.36.